The fourth-order valence-electron chi connectivity index (χ4n) is 2.47. The SMILES string of the molecule is CCOC(=O)c1sc2sc(=N)c(C#N)c(-c3ccc(Cl)cc3)c2c1N. The number of ether oxygens (including phenoxy) is 1. The lowest BCUT2D eigenvalue weighted by Crippen LogP contribution is -2.06. The molecule has 0 aliphatic rings. The molecule has 0 aliphatic heterocycles. The number of carbonyl (C=O) groups excluding carboxylic acids is 1. The van der Waals surface area contributed by atoms with Crippen LogP contribution in [0, 0.1) is 16.7 Å². The molecule has 1 aromatic carbocycles. The van der Waals surface area contributed by atoms with Crippen molar-refractivity contribution in [1.82, 2.24) is 0 Å². The average Bonchev–Trinajstić information content (AvgIpc) is 2.91. The van der Waals surface area contributed by atoms with E-state index in [0.717, 1.165) is 11.3 Å². The third-order valence-electron chi connectivity index (χ3n) is 3.54. The Kier molecular flexibility index (Phi) is 4.77. The van der Waals surface area contributed by atoms with Gasteiger partial charge in [0.05, 0.1) is 21.9 Å². The predicted molar refractivity (Wildman–Crippen MR) is 101 cm³/mol. The van der Waals surface area contributed by atoms with Gasteiger partial charge in [-0.1, -0.05) is 23.7 Å². The second-order valence-corrected chi connectivity index (χ2v) is 7.76. The first kappa shape index (κ1) is 17.4. The van der Waals surface area contributed by atoms with Crippen LogP contribution in [0.25, 0.3) is 20.5 Å². The molecule has 2 aromatic heterocycles. The fourth-order valence-corrected chi connectivity index (χ4v) is 4.87. The number of nitrogens with zero attached hydrogens (tertiary/aromatic N) is 1. The van der Waals surface area contributed by atoms with Gasteiger partial charge in [-0.05, 0) is 24.6 Å². The smallest absolute Gasteiger partial charge is 0.350 e. The summed E-state index contributed by atoms with van der Waals surface area (Å²) in [6.45, 7) is 1.96. The molecule has 0 spiro atoms. The summed E-state index contributed by atoms with van der Waals surface area (Å²) in [6, 6.07) is 9.03. The van der Waals surface area contributed by atoms with E-state index in [1.54, 1.807) is 31.2 Å². The predicted octanol–water partition coefficient (Wildman–Crippen LogP) is 4.39. The quantitative estimate of drug-likeness (QED) is 0.648. The van der Waals surface area contributed by atoms with Crippen molar-refractivity contribution in [3.8, 4) is 17.2 Å². The van der Waals surface area contributed by atoms with Gasteiger partial charge in [-0.3, -0.25) is 5.41 Å². The number of hydrogen-bond acceptors (Lipinski definition) is 7. The summed E-state index contributed by atoms with van der Waals surface area (Å²) in [5.74, 6) is -0.500. The average molecular weight is 390 g/mol. The molecule has 3 N–H and O–H groups in total. The number of halogens is 1. The van der Waals surface area contributed by atoms with E-state index in [0.29, 0.717) is 25.5 Å². The minimum Gasteiger partial charge on any atom is -0.462 e. The van der Waals surface area contributed by atoms with Gasteiger partial charge in [0.25, 0.3) is 0 Å². The number of nitrogen functional groups attached to an aromatic ring is 1. The van der Waals surface area contributed by atoms with Crippen molar-refractivity contribution in [2.75, 3.05) is 12.3 Å². The number of nitrogens with two attached hydrogens (primary N) is 1. The van der Waals surface area contributed by atoms with E-state index in [2.05, 4.69) is 6.07 Å². The summed E-state index contributed by atoms with van der Waals surface area (Å²) >= 11 is 8.26. The summed E-state index contributed by atoms with van der Waals surface area (Å²) in [5.41, 5.74) is 7.99. The molecule has 0 unspecified atom stereocenters. The standard InChI is InChI=1S/C17H12ClN3O2S2/c1-2-23-16(22)14-13(20)12-11(8-3-5-9(18)6-4-8)10(7-19)15(21)25-17(12)24-14/h3-6,21H,2,20H2,1H3. The molecule has 8 heteroatoms. The zero-order valence-electron chi connectivity index (χ0n) is 13.1. The number of hydrogen-bond donors (Lipinski definition) is 2. The Hall–Kier alpha value is -2.40. The van der Waals surface area contributed by atoms with Crippen LogP contribution in [0.15, 0.2) is 24.3 Å². The lowest BCUT2D eigenvalue weighted by atomic mass is 9.99. The van der Waals surface area contributed by atoms with Crippen molar-refractivity contribution < 1.29 is 9.53 Å². The molecule has 25 heavy (non-hydrogen) atoms. The largest absolute Gasteiger partial charge is 0.462 e. The molecule has 0 fully saturated rings. The Bertz CT molecular complexity index is 1080. The maximum absolute atomic E-state index is 12.2. The second kappa shape index (κ2) is 6.84. The summed E-state index contributed by atoms with van der Waals surface area (Å²) in [7, 11) is 0. The van der Waals surface area contributed by atoms with Gasteiger partial charge in [0, 0.05) is 16.0 Å². The highest BCUT2D eigenvalue weighted by atomic mass is 35.5. The van der Waals surface area contributed by atoms with Crippen LogP contribution in [0.3, 0.4) is 0 Å². The van der Waals surface area contributed by atoms with Crippen molar-refractivity contribution in [3.63, 3.8) is 0 Å². The minimum atomic E-state index is -0.500. The van der Waals surface area contributed by atoms with Gasteiger partial charge < -0.3 is 10.5 Å². The van der Waals surface area contributed by atoms with Crippen LogP contribution in [0.2, 0.25) is 5.02 Å². The van der Waals surface area contributed by atoms with E-state index in [1.165, 1.54) is 11.3 Å². The van der Waals surface area contributed by atoms with Crippen LogP contribution >= 0.6 is 34.3 Å². The number of rotatable bonds is 3. The first-order valence-corrected chi connectivity index (χ1v) is 9.25. The van der Waals surface area contributed by atoms with Crippen molar-refractivity contribution in [2.45, 2.75) is 6.92 Å². The van der Waals surface area contributed by atoms with E-state index in [-0.39, 0.29) is 27.4 Å². The van der Waals surface area contributed by atoms with Crippen LogP contribution < -0.4 is 10.4 Å². The molecule has 126 valence electrons. The Morgan fingerprint density at radius 2 is 2.04 bits per heavy atom. The number of nitriles is 1. The first-order valence-electron chi connectivity index (χ1n) is 7.24. The number of benzene rings is 1. The molecule has 0 saturated heterocycles. The van der Waals surface area contributed by atoms with Crippen molar-refractivity contribution in [1.29, 1.82) is 10.7 Å². The molecule has 3 rings (SSSR count). The molecule has 0 radical (unpaired) electrons. The maximum atomic E-state index is 12.2. The Labute approximate surface area is 156 Å². The lowest BCUT2D eigenvalue weighted by molar-refractivity contribution is 0.0533. The summed E-state index contributed by atoms with van der Waals surface area (Å²) in [6.07, 6.45) is 0. The number of esters is 1. The van der Waals surface area contributed by atoms with Gasteiger partial charge in [-0.25, -0.2) is 4.79 Å². The summed E-state index contributed by atoms with van der Waals surface area (Å²) in [5, 5.41) is 18.9. The maximum Gasteiger partial charge on any atom is 0.350 e. The zero-order chi connectivity index (χ0) is 18.1. The molecular weight excluding hydrogens is 378 g/mol. The molecule has 5 nitrogen and oxygen atoms in total. The minimum absolute atomic E-state index is 0.122. The third-order valence-corrected chi connectivity index (χ3v) is 6.07. The van der Waals surface area contributed by atoms with E-state index >= 15 is 0 Å². The van der Waals surface area contributed by atoms with Crippen LogP contribution in [-0.4, -0.2) is 12.6 Å². The van der Waals surface area contributed by atoms with E-state index < -0.39 is 5.97 Å². The summed E-state index contributed by atoms with van der Waals surface area (Å²) in [4.78, 5) is 12.4. The third kappa shape index (κ3) is 3.00. The first-order chi connectivity index (χ1) is 12.0. The van der Waals surface area contributed by atoms with Crippen molar-refractivity contribution in [2.24, 2.45) is 0 Å². The molecule has 0 saturated carbocycles. The fraction of sp³-hybridized carbons (Fsp3) is 0.118. The van der Waals surface area contributed by atoms with E-state index in [1.807, 2.05) is 0 Å². The van der Waals surface area contributed by atoms with E-state index in [4.69, 9.17) is 27.5 Å². The van der Waals surface area contributed by atoms with Crippen LogP contribution in [0.1, 0.15) is 22.2 Å². The zero-order valence-corrected chi connectivity index (χ0v) is 15.4. The molecular formula is C17H12ClN3O2S2. The highest BCUT2D eigenvalue weighted by molar-refractivity contribution is 7.38. The second-order valence-electron chi connectivity index (χ2n) is 5.03. The van der Waals surface area contributed by atoms with Gasteiger partial charge in [0.2, 0.25) is 0 Å². The van der Waals surface area contributed by atoms with Gasteiger partial charge in [0.15, 0.2) is 0 Å². The van der Waals surface area contributed by atoms with Gasteiger partial charge >= 0.3 is 5.97 Å². The normalized spacial score (nSPS) is 10.6. The van der Waals surface area contributed by atoms with Crippen LogP contribution in [0.4, 0.5) is 5.69 Å². The Balaban J connectivity index is 2.40. The van der Waals surface area contributed by atoms with Gasteiger partial charge in [-0.15, -0.1) is 22.7 Å². The highest BCUT2D eigenvalue weighted by Crippen LogP contribution is 2.42. The number of thiophene rings is 1. The number of carbonyl (C=O) groups is 1. The van der Waals surface area contributed by atoms with Gasteiger partial charge in [0.1, 0.15) is 15.6 Å². The van der Waals surface area contributed by atoms with E-state index in [9.17, 15) is 10.1 Å². The van der Waals surface area contributed by atoms with Crippen molar-refractivity contribution in [3.05, 3.63) is 44.4 Å². The number of nitrogens with one attached hydrogen (secondary N) is 1. The monoisotopic (exact) mass is 389 g/mol. The molecule has 0 atom stereocenters. The Morgan fingerprint density at radius 1 is 1.36 bits per heavy atom. The molecule has 0 amide bonds. The number of anilines is 1. The van der Waals surface area contributed by atoms with Crippen LogP contribution in [-0.2, 0) is 4.74 Å². The molecule has 0 bridgehead atoms. The molecule has 3 aromatic rings. The molecule has 0 aliphatic carbocycles. The highest BCUT2D eigenvalue weighted by Gasteiger charge is 2.23. The summed E-state index contributed by atoms with van der Waals surface area (Å²) < 4.78 is 5.88. The van der Waals surface area contributed by atoms with Crippen LogP contribution in [0.5, 0.6) is 0 Å². The lowest BCUT2D eigenvalue weighted by Gasteiger charge is -2.08. The topological polar surface area (TPSA) is 100.0 Å². The van der Waals surface area contributed by atoms with Crippen molar-refractivity contribution >= 4 is 55.3 Å². The van der Waals surface area contributed by atoms with Gasteiger partial charge in [-0.2, -0.15) is 5.26 Å². The number of fused-ring (bicyclic) bond motifs is 1. The Morgan fingerprint density at radius 3 is 2.64 bits per heavy atom. The molecule has 2 heterocycles.